The van der Waals surface area contributed by atoms with Crippen molar-refractivity contribution >= 4 is 17.7 Å². The average molecular weight is 180 g/mol. The van der Waals surface area contributed by atoms with Crippen molar-refractivity contribution in [3.8, 4) is 0 Å². The molecule has 0 saturated carbocycles. The maximum Gasteiger partial charge on any atom is 0.248 e. The number of hydrogen-bond donors (Lipinski definition) is 1. The van der Waals surface area contributed by atoms with Crippen LogP contribution in [0.1, 0.15) is 10.4 Å². The SMILES string of the molecule is NC(=O)c1cc(F)cc(N=C=O)c1. The van der Waals surface area contributed by atoms with Gasteiger partial charge in [0.05, 0.1) is 5.69 Å². The highest BCUT2D eigenvalue weighted by atomic mass is 19.1. The van der Waals surface area contributed by atoms with Crippen molar-refractivity contribution in [2.45, 2.75) is 0 Å². The van der Waals surface area contributed by atoms with Gasteiger partial charge in [0.2, 0.25) is 12.0 Å². The van der Waals surface area contributed by atoms with Crippen molar-refractivity contribution in [2.75, 3.05) is 0 Å². The Morgan fingerprint density at radius 2 is 2.15 bits per heavy atom. The molecule has 0 bridgehead atoms. The van der Waals surface area contributed by atoms with Gasteiger partial charge in [0.25, 0.3) is 0 Å². The summed E-state index contributed by atoms with van der Waals surface area (Å²) in [6.45, 7) is 0. The number of benzene rings is 1. The zero-order chi connectivity index (χ0) is 9.84. The molecule has 0 atom stereocenters. The number of carbonyl (C=O) groups excluding carboxylic acids is 2. The van der Waals surface area contributed by atoms with Gasteiger partial charge in [-0.05, 0) is 12.1 Å². The van der Waals surface area contributed by atoms with E-state index in [-0.39, 0.29) is 11.3 Å². The van der Waals surface area contributed by atoms with Crippen LogP contribution in [0.2, 0.25) is 0 Å². The number of amides is 1. The van der Waals surface area contributed by atoms with Crippen LogP contribution in [0.25, 0.3) is 0 Å². The number of halogens is 1. The molecule has 0 unspecified atom stereocenters. The van der Waals surface area contributed by atoms with Crippen LogP contribution in [-0.4, -0.2) is 12.0 Å². The van der Waals surface area contributed by atoms with Gasteiger partial charge in [0.1, 0.15) is 5.82 Å². The van der Waals surface area contributed by atoms with Gasteiger partial charge in [0, 0.05) is 11.6 Å². The molecule has 5 heteroatoms. The van der Waals surface area contributed by atoms with E-state index in [1.165, 1.54) is 12.1 Å². The summed E-state index contributed by atoms with van der Waals surface area (Å²) in [6, 6.07) is 3.17. The van der Waals surface area contributed by atoms with E-state index in [0.717, 1.165) is 12.1 Å². The van der Waals surface area contributed by atoms with Gasteiger partial charge in [-0.25, -0.2) is 9.18 Å². The Bertz CT molecular complexity index is 377. The molecule has 0 spiro atoms. The van der Waals surface area contributed by atoms with Crippen LogP contribution in [-0.2, 0) is 4.79 Å². The summed E-state index contributed by atoms with van der Waals surface area (Å²) >= 11 is 0. The normalized spacial score (nSPS) is 9.00. The van der Waals surface area contributed by atoms with Gasteiger partial charge in [-0.15, -0.1) is 0 Å². The topological polar surface area (TPSA) is 72.5 Å². The maximum atomic E-state index is 12.7. The Morgan fingerprint density at radius 1 is 1.46 bits per heavy atom. The molecule has 66 valence electrons. The van der Waals surface area contributed by atoms with Crippen molar-refractivity contribution in [2.24, 2.45) is 10.7 Å². The highest BCUT2D eigenvalue weighted by Crippen LogP contribution is 2.15. The first kappa shape index (κ1) is 9.09. The standard InChI is InChI=1S/C8H5FN2O2/c9-6-1-5(8(10)13)2-7(3-6)11-4-12/h1-3H,(H2,10,13). The number of nitrogens with zero attached hydrogens (tertiary/aromatic N) is 1. The molecule has 0 fully saturated rings. The molecule has 13 heavy (non-hydrogen) atoms. The minimum absolute atomic E-state index is 0.0174. The summed E-state index contributed by atoms with van der Waals surface area (Å²) in [4.78, 5) is 23.6. The van der Waals surface area contributed by atoms with Gasteiger partial charge < -0.3 is 5.73 Å². The molecule has 1 rings (SSSR count). The van der Waals surface area contributed by atoms with E-state index in [9.17, 15) is 14.0 Å². The lowest BCUT2D eigenvalue weighted by atomic mass is 10.2. The lowest BCUT2D eigenvalue weighted by molar-refractivity contribution is 0.1000. The minimum atomic E-state index is -0.776. The molecule has 0 aliphatic heterocycles. The molecule has 0 heterocycles. The first-order chi connectivity index (χ1) is 6.13. The molecule has 0 aliphatic rings. The van der Waals surface area contributed by atoms with Crippen LogP contribution in [0.3, 0.4) is 0 Å². The molecular formula is C8H5FN2O2. The fourth-order valence-electron chi connectivity index (χ4n) is 0.834. The van der Waals surface area contributed by atoms with Crippen LogP contribution in [0.4, 0.5) is 10.1 Å². The molecule has 1 aromatic rings. The third-order valence-electron chi connectivity index (χ3n) is 1.34. The van der Waals surface area contributed by atoms with Crippen molar-refractivity contribution in [1.82, 2.24) is 0 Å². The van der Waals surface area contributed by atoms with Crippen LogP contribution in [0.15, 0.2) is 23.2 Å². The Balaban J connectivity index is 3.26. The summed E-state index contributed by atoms with van der Waals surface area (Å²) in [7, 11) is 0. The van der Waals surface area contributed by atoms with Crippen molar-refractivity contribution in [3.63, 3.8) is 0 Å². The zero-order valence-corrected chi connectivity index (χ0v) is 6.45. The highest BCUT2D eigenvalue weighted by Gasteiger charge is 2.04. The van der Waals surface area contributed by atoms with E-state index >= 15 is 0 Å². The van der Waals surface area contributed by atoms with Crippen LogP contribution < -0.4 is 5.73 Å². The molecule has 2 N–H and O–H groups in total. The first-order valence-corrected chi connectivity index (χ1v) is 3.32. The summed E-state index contributed by atoms with van der Waals surface area (Å²) < 4.78 is 12.7. The molecule has 1 amide bonds. The molecule has 0 aliphatic carbocycles. The number of nitrogens with two attached hydrogens (primary N) is 1. The van der Waals surface area contributed by atoms with Gasteiger partial charge in [-0.2, -0.15) is 4.99 Å². The molecule has 4 nitrogen and oxygen atoms in total. The van der Waals surface area contributed by atoms with Crippen molar-refractivity contribution < 1.29 is 14.0 Å². The Hall–Kier alpha value is -2.00. The van der Waals surface area contributed by atoms with Crippen molar-refractivity contribution in [3.05, 3.63) is 29.6 Å². The molecule has 0 radical (unpaired) electrons. The number of isocyanates is 1. The number of hydrogen-bond acceptors (Lipinski definition) is 3. The van der Waals surface area contributed by atoms with E-state index in [4.69, 9.17) is 5.73 Å². The van der Waals surface area contributed by atoms with E-state index in [1.54, 1.807) is 0 Å². The summed E-state index contributed by atoms with van der Waals surface area (Å²) in [5.74, 6) is -1.45. The Labute approximate surface area is 72.9 Å². The van der Waals surface area contributed by atoms with E-state index < -0.39 is 11.7 Å². The molecule has 1 aromatic carbocycles. The van der Waals surface area contributed by atoms with Gasteiger partial charge in [-0.3, -0.25) is 4.79 Å². The van der Waals surface area contributed by atoms with Crippen LogP contribution in [0.5, 0.6) is 0 Å². The Kier molecular flexibility index (Phi) is 2.52. The monoisotopic (exact) mass is 180 g/mol. The van der Waals surface area contributed by atoms with Gasteiger partial charge in [0.15, 0.2) is 0 Å². The smallest absolute Gasteiger partial charge is 0.248 e. The van der Waals surface area contributed by atoms with Gasteiger partial charge >= 0.3 is 0 Å². The predicted octanol–water partition coefficient (Wildman–Crippen LogP) is 0.892. The van der Waals surface area contributed by atoms with Crippen molar-refractivity contribution in [1.29, 1.82) is 0 Å². The second-order valence-corrected chi connectivity index (χ2v) is 2.27. The zero-order valence-electron chi connectivity index (χ0n) is 6.45. The van der Waals surface area contributed by atoms with E-state index in [0.29, 0.717) is 0 Å². The molecule has 0 saturated heterocycles. The lowest BCUT2D eigenvalue weighted by Gasteiger charge is -1.96. The largest absolute Gasteiger partial charge is 0.366 e. The predicted molar refractivity (Wildman–Crippen MR) is 42.7 cm³/mol. The quantitative estimate of drug-likeness (QED) is 0.542. The number of primary amides is 1. The number of carbonyl (C=O) groups is 1. The second kappa shape index (κ2) is 3.60. The van der Waals surface area contributed by atoms with E-state index in [2.05, 4.69) is 4.99 Å². The fourth-order valence-corrected chi connectivity index (χ4v) is 0.834. The summed E-state index contributed by atoms with van der Waals surface area (Å²) in [6.07, 6.45) is 1.23. The highest BCUT2D eigenvalue weighted by molar-refractivity contribution is 5.93. The second-order valence-electron chi connectivity index (χ2n) is 2.27. The third-order valence-corrected chi connectivity index (χ3v) is 1.34. The van der Waals surface area contributed by atoms with Crippen LogP contribution >= 0.6 is 0 Å². The van der Waals surface area contributed by atoms with Gasteiger partial charge in [-0.1, -0.05) is 0 Å². The van der Waals surface area contributed by atoms with E-state index in [1.807, 2.05) is 0 Å². The maximum absolute atomic E-state index is 12.7. The summed E-state index contributed by atoms with van der Waals surface area (Å²) in [5.41, 5.74) is 4.89. The fraction of sp³-hybridized carbons (Fsp3) is 0. The number of aliphatic imine (C=N–C) groups is 1. The minimum Gasteiger partial charge on any atom is -0.366 e. The van der Waals surface area contributed by atoms with Crippen LogP contribution in [0, 0.1) is 5.82 Å². The number of rotatable bonds is 2. The lowest BCUT2D eigenvalue weighted by Crippen LogP contribution is -2.10. The molecular weight excluding hydrogens is 175 g/mol. The first-order valence-electron chi connectivity index (χ1n) is 3.32. The Morgan fingerprint density at radius 3 is 2.69 bits per heavy atom. The molecule has 0 aromatic heterocycles. The third kappa shape index (κ3) is 2.21. The average Bonchev–Trinajstić information content (AvgIpc) is 2.03. The summed E-state index contributed by atoms with van der Waals surface area (Å²) in [5, 5.41) is 0.